The first-order chi connectivity index (χ1) is 16.5. The molecule has 0 saturated carbocycles. The molecule has 4 heterocycles. The molecule has 3 aliphatic heterocycles. The number of benzene rings is 2. The van der Waals surface area contributed by atoms with Gasteiger partial charge in [-0.25, -0.2) is 9.37 Å². The molecule has 1 aromatic heterocycles. The molecule has 3 aliphatic rings. The van der Waals surface area contributed by atoms with E-state index in [2.05, 4.69) is 49.7 Å². The van der Waals surface area contributed by atoms with Crippen molar-refractivity contribution in [3.05, 3.63) is 63.9 Å². The van der Waals surface area contributed by atoms with Gasteiger partial charge < -0.3 is 10.2 Å². The summed E-state index contributed by atoms with van der Waals surface area (Å²) in [6.07, 6.45) is 1.00. The molecule has 0 spiro atoms. The van der Waals surface area contributed by atoms with Gasteiger partial charge in [-0.3, -0.25) is 20.0 Å². The van der Waals surface area contributed by atoms with Crippen molar-refractivity contribution in [2.75, 3.05) is 36.9 Å². The van der Waals surface area contributed by atoms with Gasteiger partial charge in [0.15, 0.2) is 5.82 Å². The van der Waals surface area contributed by atoms with Crippen LogP contribution < -0.4 is 15.5 Å². The number of nitrogens with one attached hydrogen (secondary N) is 2. The largest absolute Gasteiger partial charge is 0.324 e. The molecular weight excluding hydrogens is 457 g/mol. The summed E-state index contributed by atoms with van der Waals surface area (Å²) in [5.74, 6) is 0.0571. The van der Waals surface area contributed by atoms with E-state index in [4.69, 9.17) is 11.6 Å². The number of guanidine groups is 1. The molecule has 10 heteroatoms. The number of anilines is 3. The summed E-state index contributed by atoms with van der Waals surface area (Å²) in [5, 5.41) is 6.18. The SMILES string of the molecule is CN1CCc2ccc(Nc3nc(-c4c(F)cccc4Cl)c4c(n3)N3CCN=C3NC4=O)cc2C1. The summed E-state index contributed by atoms with van der Waals surface area (Å²) in [6.45, 7) is 2.96. The minimum atomic E-state index is -0.565. The predicted molar refractivity (Wildman–Crippen MR) is 129 cm³/mol. The van der Waals surface area contributed by atoms with Gasteiger partial charge in [-0.15, -0.1) is 0 Å². The van der Waals surface area contributed by atoms with Crippen molar-refractivity contribution >= 4 is 40.9 Å². The number of carbonyl (C=O) groups is 1. The normalized spacial score (nSPS) is 17.0. The van der Waals surface area contributed by atoms with Gasteiger partial charge in [-0.05, 0) is 48.9 Å². The van der Waals surface area contributed by atoms with Crippen LogP contribution in [0.5, 0.6) is 0 Å². The number of aliphatic imine (C=N–C) groups is 1. The lowest BCUT2D eigenvalue weighted by molar-refractivity contribution is 0.0974. The molecule has 0 saturated heterocycles. The van der Waals surface area contributed by atoms with Crippen LogP contribution in [0.4, 0.5) is 21.8 Å². The van der Waals surface area contributed by atoms with E-state index in [1.165, 1.54) is 23.3 Å². The van der Waals surface area contributed by atoms with Gasteiger partial charge in [0.2, 0.25) is 11.9 Å². The second-order valence-corrected chi connectivity index (χ2v) is 9.01. The Balaban J connectivity index is 1.49. The van der Waals surface area contributed by atoms with Crippen molar-refractivity contribution in [3.8, 4) is 11.3 Å². The first kappa shape index (κ1) is 21.0. The second kappa shape index (κ2) is 8.03. The highest BCUT2D eigenvalue weighted by Gasteiger charge is 2.36. The number of likely N-dealkylation sites (N-methyl/N-ethyl adjacent to an activating group) is 1. The zero-order valence-electron chi connectivity index (χ0n) is 18.4. The summed E-state index contributed by atoms with van der Waals surface area (Å²) >= 11 is 6.38. The fourth-order valence-corrected chi connectivity index (χ4v) is 4.90. The molecule has 0 aliphatic carbocycles. The molecule has 0 fully saturated rings. The van der Waals surface area contributed by atoms with E-state index in [1.54, 1.807) is 6.07 Å². The Bertz CT molecular complexity index is 1360. The lowest BCUT2D eigenvalue weighted by Crippen LogP contribution is -2.48. The van der Waals surface area contributed by atoms with Crippen molar-refractivity contribution in [1.29, 1.82) is 0 Å². The zero-order valence-corrected chi connectivity index (χ0v) is 19.2. The molecule has 1 amide bonds. The Morgan fingerprint density at radius 3 is 2.85 bits per heavy atom. The quantitative estimate of drug-likeness (QED) is 0.599. The highest BCUT2D eigenvalue weighted by Crippen LogP contribution is 2.38. The molecule has 2 N–H and O–H groups in total. The van der Waals surface area contributed by atoms with Crippen LogP contribution in [0.2, 0.25) is 5.02 Å². The van der Waals surface area contributed by atoms with Crippen LogP contribution in [0.25, 0.3) is 11.3 Å². The highest BCUT2D eigenvalue weighted by atomic mass is 35.5. The molecule has 0 radical (unpaired) electrons. The van der Waals surface area contributed by atoms with Crippen molar-refractivity contribution in [1.82, 2.24) is 20.2 Å². The van der Waals surface area contributed by atoms with Crippen LogP contribution in [-0.4, -0.2) is 53.4 Å². The van der Waals surface area contributed by atoms with E-state index in [0.29, 0.717) is 24.9 Å². The van der Waals surface area contributed by atoms with Crippen molar-refractivity contribution in [2.45, 2.75) is 13.0 Å². The Labute approximate surface area is 200 Å². The average molecular weight is 478 g/mol. The van der Waals surface area contributed by atoms with Gasteiger partial charge in [0.25, 0.3) is 5.91 Å². The number of hydrogen-bond acceptors (Lipinski definition) is 7. The lowest BCUT2D eigenvalue weighted by Gasteiger charge is -2.28. The maximum atomic E-state index is 14.9. The van der Waals surface area contributed by atoms with Crippen molar-refractivity contribution in [3.63, 3.8) is 0 Å². The second-order valence-electron chi connectivity index (χ2n) is 8.60. The summed E-state index contributed by atoms with van der Waals surface area (Å²) in [4.78, 5) is 30.7. The van der Waals surface area contributed by atoms with E-state index < -0.39 is 11.7 Å². The number of aromatic nitrogens is 2. The van der Waals surface area contributed by atoms with E-state index in [-0.39, 0.29) is 27.8 Å². The van der Waals surface area contributed by atoms with Crippen LogP contribution in [-0.2, 0) is 13.0 Å². The van der Waals surface area contributed by atoms with Crippen molar-refractivity contribution < 1.29 is 9.18 Å². The minimum absolute atomic E-state index is 0.0627. The summed E-state index contributed by atoms with van der Waals surface area (Å²) in [5.41, 5.74) is 3.75. The molecule has 0 bridgehead atoms. The number of fused-ring (bicyclic) bond motifs is 4. The molecule has 2 aromatic carbocycles. The summed E-state index contributed by atoms with van der Waals surface area (Å²) < 4.78 is 14.9. The molecular formula is C24H21ClFN7O. The molecule has 8 nitrogen and oxygen atoms in total. The third-order valence-electron chi connectivity index (χ3n) is 6.30. The molecule has 0 unspecified atom stereocenters. The smallest absolute Gasteiger partial charge is 0.263 e. The van der Waals surface area contributed by atoms with E-state index in [1.807, 2.05) is 11.0 Å². The molecule has 6 rings (SSSR count). The third kappa shape index (κ3) is 3.48. The Kier molecular flexibility index (Phi) is 4.96. The molecule has 172 valence electrons. The third-order valence-corrected chi connectivity index (χ3v) is 6.62. The first-order valence-electron chi connectivity index (χ1n) is 11.0. The highest BCUT2D eigenvalue weighted by molar-refractivity contribution is 6.33. The summed E-state index contributed by atoms with van der Waals surface area (Å²) in [6, 6.07) is 10.6. The van der Waals surface area contributed by atoms with Crippen LogP contribution in [0.1, 0.15) is 21.5 Å². The number of rotatable bonds is 3. The van der Waals surface area contributed by atoms with Gasteiger partial charge in [-0.2, -0.15) is 4.98 Å². The first-order valence-corrected chi connectivity index (χ1v) is 11.4. The van der Waals surface area contributed by atoms with Crippen LogP contribution >= 0.6 is 11.6 Å². The summed E-state index contributed by atoms with van der Waals surface area (Å²) in [7, 11) is 2.10. The van der Waals surface area contributed by atoms with Gasteiger partial charge in [0, 0.05) is 25.3 Å². The monoisotopic (exact) mass is 477 g/mol. The number of hydrogen-bond donors (Lipinski definition) is 2. The van der Waals surface area contributed by atoms with Gasteiger partial charge in [0.05, 0.1) is 22.8 Å². The maximum Gasteiger partial charge on any atom is 0.263 e. The van der Waals surface area contributed by atoms with E-state index in [9.17, 15) is 9.18 Å². The van der Waals surface area contributed by atoms with E-state index >= 15 is 0 Å². The number of carbonyl (C=O) groups excluding carboxylic acids is 1. The van der Waals surface area contributed by atoms with Crippen molar-refractivity contribution in [2.24, 2.45) is 4.99 Å². The number of nitrogens with zero attached hydrogens (tertiary/aromatic N) is 5. The molecule has 34 heavy (non-hydrogen) atoms. The fourth-order valence-electron chi connectivity index (χ4n) is 4.64. The van der Waals surface area contributed by atoms with Gasteiger partial charge >= 0.3 is 0 Å². The standard InChI is InChI=1S/C24H21ClFN7O/c1-32-9-7-13-5-6-15(11-14(13)12-32)28-23-29-20(18-16(25)3-2-4-17(18)26)19-21(30-23)33-10-8-27-24(33)31-22(19)34/h2-6,11H,7-10,12H2,1H3,(H,27,31,34)(H,28,29,30). The van der Waals surface area contributed by atoms with Crippen LogP contribution in [0.15, 0.2) is 41.4 Å². The molecule has 0 atom stereocenters. The van der Waals surface area contributed by atoms with Gasteiger partial charge in [-0.1, -0.05) is 23.7 Å². The predicted octanol–water partition coefficient (Wildman–Crippen LogP) is 3.59. The fraction of sp³-hybridized carbons (Fsp3) is 0.250. The van der Waals surface area contributed by atoms with E-state index in [0.717, 1.165) is 25.2 Å². The Morgan fingerprint density at radius 2 is 2.00 bits per heavy atom. The Morgan fingerprint density at radius 1 is 1.12 bits per heavy atom. The van der Waals surface area contributed by atoms with Gasteiger partial charge in [0.1, 0.15) is 11.4 Å². The number of halogens is 2. The number of amides is 1. The maximum absolute atomic E-state index is 14.9. The zero-order chi connectivity index (χ0) is 23.4. The van der Waals surface area contributed by atoms with Crippen LogP contribution in [0, 0.1) is 5.82 Å². The lowest BCUT2D eigenvalue weighted by atomic mass is 9.99. The topological polar surface area (TPSA) is 85.8 Å². The minimum Gasteiger partial charge on any atom is -0.324 e. The Hall–Kier alpha value is -3.56. The van der Waals surface area contributed by atoms with Crippen LogP contribution in [0.3, 0.4) is 0 Å². The molecule has 3 aromatic rings. The average Bonchev–Trinajstić information content (AvgIpc) is 3.27.